The average molecular weight is 264 g/mol. The summed E-state index contributed by atoms with van der Waals surface area (Å²) in [6.45, 7) is 7.03. The molecule has 0 spiro atoms. The van der Waals surface area contributed by atoms with Crippen LogP contribution in [-0.4, -0.2) is 16.1 Å². The molecule has 4 heteroatoms. The highest BCUT2D eigenvalue weighted by molar-refractivity contribution is 6.33. The van der Waals surface area contributed by atoms with E-state index in [4.69, 9.17) is 11.6 Å². The number of imidazole rings is 1. The normalized spacial score (nSPS) is 10.7. The third-order valence-electron chi connectivity index (χ3n) is 2.79. The van der Waals surface area contributed by atoms with Crippen LogP contribution >= 0.6 is 11.6 Å². The van der Waals surface area contributed by atoms with Crippen LogP contribution in [0.5, 0.6) is 0 Å². The van der Waals surface area contributed by atoms with Crippen LogP contribution in [0.2, 0.25) is 5.02 Å². The van der Waals surface area contributed by atoms with E-state index < -0.39 is 0 Å². The molecule has 0 saturated carbocycles. The third kappa shape index (κ3) is 2.51. The molecule has 1 aromatic carbocycles. The van der Waals surface area contributed by atoms with E-state index in [0.717, 1.165) is 40.9 Å². The van der Waals surface area contributed by atoms with Gasteiger partial charge in [-0.25, -0.2) is 4.98 Å². The lowest BCUT2D eigenvalue weighted by Crippen LogP contribution is -2.07. The van der Waals surface area contributed by atoms with Crippen LogP contribution in [0.3, 0.4) is 0 Å². The molecule has 0 unspecified atom stereocenters. The number of halogens is 1. The molecule has 0 radical (unpaired) electrons. The number of nitrogens with one attached hydrogen (secondary N) is 1. The maximum Gasteiger partial charge on any atom is 0.207 e. The highest BCUT2D eigenvalue weighted by Gasteiger charge is 2.10. The average Bonchev–Trinajstić information content (AvgIpc) is 2.71. The zero-order valence-corrected chi connectivity index (χ0v) is 11.8. The van der Waals surface area contributed by atoms with Gasteiger partial charge in [0.1, 0.15) is 0 Å². The van der Waals surface area contributed by atoms with Crippen molar-refractivity contribution in [3.8, 4) is 5.69 Å². The summed E-state index contributed by atoms with van der Waals surface area (Å²) in [7, 11) is 0. The molecule has 96 valence electrons. The molecule has 0 amide bonds. The fourth-order valence-electron chi connectivity index (χ4n) is 1.86. The Bertz CT molecular complexity index is 546. The van der Waals surface area contributed by atoms with Gasteiger partial charge in [-0.05, 0) is 31.9 Å². The van der Waals surface area contributed by atoms with Gasteiger partial charge in [0, 0.05) is 12.7 Å². The highest BCUT2D eigenvalue weighted by atomic mass is 35.5. The lowest BCUT2D eigenvalue weighted by molar-refractivity contribution is 0.936. The topological polar surface area (TPSA) is 29.9 Å². The van der Waals surface area contributed by atoms with Gasteiger partial charge in [-0.15, -0.1) is 0 Å². The second kappa shape index (κ2) is 5.44. The number of hydrogen-bond acceptors (Lipinski definition) is 2. The van der Waals surface area contributed by atoms with E-state index in [0.29, 0.717) is 0 Å². The number of aryl methyl sites for hydroxylation is 2. The van der Waals surface area contributed by atoms with Gasteiger partial charge >= 0.3 is 0 Å². The highest BCUT2D eigenvalue weighted by Crippen LogP contribution is 2.27. The second-order valence-electron chi connectivity index (χ2n) is 4.41. The monoisotopic (exact) mass is 263 g/mol. The minimum Gasteiger partial charge on any atom is -0.355 e. The van der Waals surface area contributed by atoms with Crippen LogP contribution in [0.1, 0.15) is 24.6 Å². The molecule has 3 nitrogen and oxygen atoms in total. The lowest BCUT2D eigenvalue weighted by atomic mass is 10.2. The third-order valence-corrected chi connectivity index (χ3v) is 3.28. The predicted octanol–water partition coefficient (Wildman–Crippen LogP) is 3.96. The van der Waals surface area contributed by atoms with Gasteiger partial charge in [0.2, 0.25) is 5.95 Å². The van der Waals surface area contributed by atoms with E-state index in [1.807, 2.05) is 42.8 Å². The zero-order valence-electron chi connectivity index (χ0n) is 11.0. The van der Waals surface area contributed by atoms with E-state index in [1.54, 1.807) is 0 Å². The fourth-order valence-corrected chi connectivity index (χ4v) is 2.08. The molecule has 1 heterocycles. The molecule has 0 aliphatic rings. The summed E-state index contributed by atoms with van der Waals surface area (Å²) in [5.41, 5.74) is 3.02. The minimum atomic E-state index is 0.773. The smallest absolute Gasteiger partial charge is 0.207 e. The summed E-state index contributed by atoms with van der Waals surface area (Å²) in [5.74, 6) is 0.849. The summed E-state index contributed by atoms with van der Waals surface area (Å²) in [5, 5.41) is 4.09. The van der Waals surface area contributed by atoms with Crippen LogP contribution in [0, 0.1) is 13.8 Å². The summed E-state index contributed by atoms with van der Waals surface area (Å²) >= 11 is 6.37. The van der Waals surface area contributed by atoms with Crippen molar-refractivity contribution < 1.29 is 0 Å². The Morgan fingerprint density at radius 1 is 1.33 bits per heavy atom. The number of nitrogens with zero attached hydrogens (tertiary/aromatic N) is 2. The first-order valence-corrected chi connectivity index (χ1v) is 6.56. The van der Waals surface area contributed by atoms with E-state index >= 15 is 0 Å². The van der Waals surface area contributed by atoms with Gasteiger partial charge in [0.15, 0.2) is 0 Å². The minimum absolute atomic E-state index is 0.773. The second-order valence-corrected chi connectivity index (χ2v) is 4.79. The van der Waals surface area contributed by atoms with Gasteiger partial charge in [0.25, 0.3) is 0 Å². The summed E-state index contributed by atoms with van der Waals surface area (Å²) < 4.78 is 2.01. The Kier molecular flexibility index (Phi) is 3.92. The van der Waals surface area contributed by atoms with Gasteiger partial charge in [0.05, 0.1) is 16.4 Å². The Morgan fingerprint density at radius 3 is 2.83 bits per heavy atom. The van der Waals surface area contributed by atoms with Gasteiger partial charge in [-0.1, -0.05) is 30.7 Å². The van der Waals surface area contributed by atoms with Crippen LogP contribution in [0.25, 0.3) is 5.69 Å². The Morgan fingerprint density at radius 2 is 2.11 bits per heavy atom. The Balaban J connectivity index is 2.46. The molecule has 1 N–H and O–H groups in total. The van der Waals surface area contributed by atoms with Crippen molar-refractivity contribution in [2.24, 2.45) is 0 Å². The van der Waals surface area contributed by atoms with Crippen molar-refractivity contribution in [2.75, 3.05) is 11.9 Å². The van der Waals surface area contributed by atoms with Crippen molar-refractivity contribution in [1.29, 1.82) is 0 Å². The first kappa shape index (κ1) is 13.0. The molecule has 1 aromatic heterocycles. The number of rotatable bonds is 4. The molecule has 18 heavy (non-hydrogen) atoms. The molecule has 0 saturated heterocycles. The van der Waals surface area contributed by atoms with Crippen LogP contribution in [-0.2, 0) is 0 Å². The van der Waals surface area contributed by atoms with Crippen LogP contribution < -0.4 is 5.32 Å². The Hall–Kier alpha value is -1.48. The number of hydrogen-bond donors (Lipinski definition) is 1. The molecule has 2 aromatic rings. The molecule has 2 rings (SSSR count). The SMILES string of the molecule is CCCNc1nc(C)cn1-c1cccc(C)c1Cl. The van der Waals surface area contributed by atoms with Crippen molar-refractivity contribution in [3.63, 3.8) is 0 Å². The zero-order chi connectivity index (χ0) is 13.1. The molecule has 0 fully saturated rings. The van der Waals surface area contributed by atoms with E-state index in [2.05, 4.69) is 17.2 Å². The van der Waals surface area contributed by atoms with Gasteiger partial charge < -0.3 is 5.32 Å². The van der Waals surface area contributed by atoms with E-state index in [1.165, 1.54) is 0 Å². The first-order chi connectivity index (χ1) is 8.63. The van der Waals surface area contributed by atoms with Crippen molar-refractivity contribution in [1.82, 2.24) is 9.55 Å². The number of benzene rings is 1. The molecule has 0 aliphatic carbocycles. The summed E-state index contributed by atoms with van der Waals surface area (Å²) in [4.78, 5) is 4.49. The summed E-state index contributed by atoms with van der Waals surface area (Å²) in [6, 6.07) is 6.03. The molecular weight excluding hydrogens is 246 g/mol. The fraction of sp³-hybridized carbons (Fsp3) is 0.357. The van der Waals surface area contributed by atoms with Crippen LogP contribution in [0.4, 0.5) is 5.95 Å². The van der Waals surface area contributed by atoms with Gasteiger partial charge in [-0.3, -0.25) is 4.57 Å². The molecule has 0 aliphatic heterocycles. The maximum atomic E-state index is 6.37. The van der Waals surface area contributed by atoms with Crippen molar-refractivity contribution >= 4 is 17.5 Å². The summed E-state index contributed by atoms with van der Waals surface area (Å²) in [6.07, 6.45) is 3.06. The molecule has 0 bridgehead atoms. The maximum absolute atomic E-state index is 6.37. The quantitative estimate of drug-likeness (QED) is 0.905. The van der Waals surface area contributed by atoms with E-state index in [-0.39, 0.29) is 0 Å². The van der Waals surface area contributed by atoms with E-state index in [9.17, 15) is 0 Å². The predicted molar refractivity (Wildman–Crippen MR) is 76.8 cm³/mol. The Labute approximate surface area is 113 Å². The number of anilines is 1. The largest absolute Gasteiger partial charge is 0.355 e. The van der Waals surface area contributed by atoms with Crippen LogP contribution in [0.15, 0.2) is 24.4 Å². The lowest BCUT2D eigenvalue weighted by Gasteiger charge is -2.11. The number of aromatic nitrogens is 2. The first-order valence-electron chi connectivity index (χ1n) is 6.18. The van der Waals surface area contributed by atoms with Crippen molar-refractivity contribution in [2.45, 2.75) is 27.2 Å². The molecule has 0 atom stereocenters. The standard InChI is InChI=1S/C14H18ClN3/c1-4-8-16-14-17-11(3)9-18(14)12-7-5-6-10(2)13(12)15/h5-7,9H,4,8H2,1-3H3,(H,16,17). The molecular formula is C14H18ClN3. The van der Waals surface area contributed by atoms with Crippen molar-refractivity contribution in [3.05, 3.63) is 40.7 Å². The van der Waals surface area contributed by atoms with Gasteiger partial charge in [-0.2, -0.15) is 0 Å².